The van der Waals surface area contributed by atoms with E-state index in [2.05, 4.69) is 62.6 Å². The van der Waals surface area contributed by atoms with Crippen molar-refractivity contribution in [2.45, 2.75) is 19.4 Å². The maximum Gasteiger partial charge on any atom is 0.215 e. The molecule has 2 heterocycles. The molecule has 1 fully saturated rings. The number of pyridine rings is 1. The van der Waals surface area contributed by atoms with Crippen LogP contribution in [0.25, 0.3) is 10.8 Å². The van der Waals surface area contributed by atoms with Gasteiger partial charge in [0.2, 0.25) is 5.88 Å². The van der Waals surface area contributed by atoms with E-state index in [4.69, 9.17) is 10.5 Å². The summed E-state index contributed by atoms with van der Waals surface area (Å²) < 4.78 is 5.79. The van der Waals surface area contributed by atoms with Crippen LogP contribution in [0.4, 0.5) is 11.5 Å². The Morgan fingerprint density at radius 1 is 0.968 bits per heavy atom. The lowest BCUT2D eigenvalue weighted by molar-refractivity contribution is 0.237. The van der Waals surface area contributed by atoms with Crippen LogP contribution in [0.3, 0.4) is 0 Å². The molecule has 0 radical (unpaired) electrons. The van der Waals surface area contributed by atoms with Crippen molar-refractivity contribution in [2.75, 3.05) is 57.0 Å². The number of piperazine rings is 1. The normalized spacial score (nSPS) is 14.8. The van der Waals surface area contributed by atoms with Crippen LogP contribution in [0, 0.1) is 0 Å². The fraction of sp³-hybridized carbons (Fsp3) is 0.400. The van der Waals surface area contributed by atoms with Gasteiger partial charge in [0.15, 0.2) is 0 Å². The van der Waals surface area contributed by atoms with Gasteiger partial charge in [0, 0.05) is 55.4 Å². The molecule has 0 amide bonds. The van der Waals surface area contributed by atoms with Crippen LogP contribution >= 0.6 is 0 Å². The number of unbranched alkanes of at least 4 members (excludes halogenated alkanes) is 1. The van der Waals surface area contributed by atoms with Gasteiger partial charge in [0.05, 0.1) is 6.61 Å². The predicted molar refractivity (Wildman–Crippen MR) is 129 cm³/mol. The molecule has 3 N–H and O–H groups in total. The zero-order valence-electron chi connectivity index (χ0n) is 18.4. The van der Waals surface area contributed by atoms with Crippen molar-refractivity contribution in [3.63, 3.8) is 0 Å². The maximum atomic E-state index is 5.98. The number of nitrogens with two attached hydrogens (primary N) is 1. The van der Waals surface area contributed by atoms with E-state index >= 15 is 0 Å². The van der Waals surface area contributed by atoms with Crippen LogP contribution in [0.1, 0.15) is 18.4 Å². The number of benzene rings is 2. The summed E-state index contributed by atoms with van der Waals surface area (Å²) in [6.45, 7) is 6.87. The summed E-state index contributed by atoms with van der Waals surface area (Å²) in [6.07, 6.45) is 2.14. The number of hydrogen-bond donors (Lipinski definition) is 2. The fourth-order valence-electron chi connectivity index (χ4n) is 4.22. The largest absolute Gasteiger partial charge is 0.478 e. The molecule has 1 aliphatic rings. The van der Waals surface area contributed by atoms with Crippen molar-refractivity contribution < 1.29 is 4.74 Å². The topological polar surface area (TPSA) is 66.7 Å². The van der Waals surface area contributed by atoms with E-state index in [-0.39, 0.29) is 0 Å². The third-order valence-electron chi connectivity index (χ3n) is 5.95. The SMILES string of the molecule is CNCc1ccc(OCCCCN2CCN(c3cccc4ccccc34)CC2)nc1N. The predicted octanol–water partition coefficient (Wildman–Crippen LogP) is 3.52. The minimum Gasteiger partial charge on any atom is -0.478 e. The molecular weight excluding hydrogens is 386 g/mol. The molecule has 164 valence electrons. The van der Waals surface area contributed by atoms with Gasteiger partial charge in [-0.05, 0) is 44.0 Å². The summed E-state index contributed by atoms with van der Waals surface area (Å²) in [6, 6.07) is 19.1. The van der Waals surface area contributed by atoms with Crippen molar-refractivity contribution in [3.05, 3.63) is 60.2 Å². The van der Waals surface area contributed by atoms with Gasteiger partial charge >= 0.3 is 0 Å². The fourth-order valence-corrected chi connectivity index (χ4v) is 4.22. The number of anilines is 2. The quantitative estimate of drug-likeness (QED) is 0.518. The average Bonchev–Trinajstić information content (AvgIpc) is 2.81. The average molecular weight is 420 g/mol. The van der Waals surface area contributed by atoms with E-state index in [1.165, 1.54) is 16.5 Å². The van der Waals surface area contributed by atoms with E-state index in [1.807, 2.05) is 19.2 Å². The Kier molecular flexibility index (Phi) is 7.22. The number of nitrogens with one attached hydrogen (secondary N) is 1. The van der Waals surface area contributed by atoms with E-state index in [9.17, 15) is 0 Å². The van der Waals surface area contributed by atoms with Crippen molar-refractivity contribution in [2.24, 2.45) is 0 Å². The van der Waals surface area contributed by atoms with Gasteiger partial charge in [-0.25, -0.2) is 0 Å². The highest BCUT2D eigenvalue weighted by atomic mass is 16.5. The van der Waals surface area contributed by atoms with Gasteiger partial charge in [-0.2, -0.15) is 4.98 Å². The molecular formula is C25H33N5O. The van der Waals surface area contributed by atoms with Gasteiger partial charge in [0.25, 0.3) is 0 Å². The van der Waals surface area contributed by atoms with E-state index in [0.29, 0.717) is 24.8 Å². The molecule has 1 aliphatic heterocycles. The smallest absolute Gasteiger partial charge is 0.215 e. The third-order valence-corrected chi connectivity index (χ3v) is 5.95. The van der Waals surface area contributed by atoms with Gasteiger partial charge in [0.1, 0.15) is 5.82 Å². The lowest BCUT2D eigenvalue weighted by atomic mass is 10.1. The van der Waals surface area contributed by atoms with Crippen molar-refractivity contribution in [1.82, 2.24) is 15.2 Å². The summed E-state index contributed by atoms with van der Waals surface area (Å²) in [5, 5.41) is 5.75. The monoisotopic (exact) mass is 419 g/mol. The lowest BCUT2D eigenvalue weighted by Gasteiger charge is -2.36. The van der Waals surface area contributed by atoms with E-state index in [1.54, 1.807) is 0 Å². The number of nitrogens with zero attached hydrogens (tertiary/aromatic N) is 3. The second-order valence-corrected chi connectivity index (χ2v) is 8.11. The first-order valence-electron chi connectivity index (χ1n) is 11.2. The van der Waals surface area contributed by atoms with Crippen molar-refractivity contribution in [1.29, 1.82) is 0 Å². The molecule has 1 saturated heterocycles. The molecule has 0 aliphatic carbocycles. The second-order valence-electron chi connectivity index (χ2n) is 8.11. The Morgan fingerprint density at radius 2 is 1.77 bits per heavy atom. The summed E-state index contributed by atoms with van der Waals surface area (Å²) in [5.41, 5.74) is 8.33. The molecule has 0 unspecified atom stereocenters. The van der Waals surface area contributed by atoms with E-state index < -0.39 is 0 Å². The lowest BCUT2D eigenvalue weighted by Crippen LogP contribution is -2.46. The third kappa shape index (κ3) is 5.46. The van der Waals surface area contributed by atoms with Crippen LogP contribution < -0.4 is 20.7 Å². The van der Waals surface area contributed by atoms with Gasteiger partial charge < -0.3 is 20.7 Å². The molecule has 0 bridgehead atoms. The Balaban J connectivity index is 1.18. The van der Waals surface area contributed by atoms with Crippen molar-refractivity contribution >= 4 is 22.3 Å². The summed E-state index contributed by atoms with van der Waals surface area (Å²) in [5.74, 6) is 1.15. The molecule has 3 aromatic rings. The van der Waals surface area contributed by atoms with Crippen LogP contribution in [0.2, 0.25) is 0 Å². The summed E-state index contributed by atoms with van der Waals surface area (Å²) in [4.78, 5) is 9.42. The Labute approximate surface area is 185 Å². The van der Waals surface area contributed by atoms with Crippen LogP contribution in [0.5, 0.6) is 5.88 Å². The number of ether oxygens (including phenoxy) is 1. The highest BCUT2D eigenvalue weighted by Crippen LogP contribution is 2.27. The number of fused-ring (bicyclic) bond motifs is 1. The molecule has 6 heteroatoms. The first-order valence-corrected chi connectivity index (χ1v) is 11.2. The number of aromatic nitrogens is 1. The Bertz CT molecular complexity index is 979. The maximum absolute atomic E-state index is 5.98. The van der Waals surface area contributed by atoms with Crippen LogP contribution in [-0.2, 0) is 6.54 Å². The number of nitrogen functional groups attached to an aromatic ring is 1. The molecule has 0 saturated carbocycles. The zero-order valence-corrected chi connectivity index (χ0v) is 18.4. The molecule has 4 rings (SSSR count). The van der Waals surface area contributed by atoms with Gasteiger partial charge in [-0.3, -0.25) is 4.90 Å². The van der Waals surface area contributed by atoms with Crippen LogP contribution in [-0.4, -0.2) is 56.3 Å². The van der Waals surface area contributed by atoms with E-state index in [0.717, 1.165) is 51.1 Å². The van der Waals surface area contributed by atoms with Gasteiger partial charge in [-0.15, -0.1) is 0 Å². The minimum absolute atomic E-state index is 0.538. The molecule has 2 aromatic carbocycles. The first-order chi connectivity index (χ1) is 15.2. The zero-order chi connectivity index (χ0) is 21.5. The first kappa shape index (κ1) is 21.4. The number of rotatable bonds is 9. The standard InChI is InChI=1S/C25H33N5O/c1-27-19-21-11-12-24(28-25(21)26)31-18-5-4-13-29-14-16-30(17-15-29)23-10-6-8-20-7-2-3-9-22(20)23/h2-3,6-12,27H,4-5,13-19H2,1H3,(H2,26,28). The Hall–Kier alpha value is -2.83. The second kappa shape index (κ2) is 10.5. The highest BCUT2D eigenvalue weighted by Gasteiger charge is 2.18. The van der Waals surface area contributed by atoms with Crippen LogP contribution in [0.15, 0.2) is 54.6 Å². The highest BCUT2D eigenvalue weighted by molar-refractivity contribution is 5.94. The molecule has 0 atom stereocenters. The number of hydrogen-bond acceptors (Lipinski definition) is 6. The summed E-state index contributed by atoms with van der Waals surface area (Å²) >= 11 is 0. The molecule has 1 aromatic heterocycles. The Morgan fingerprint density at radius 3 is 2.58 bits per heavy atom. The van der Waals surface area contributed by atoms with Crippen molar-refractivity contribution in [3.8, 4) is 5.88 Å². The summed E-state index contributed by atoms with van der Waals surface area (Å²) in [7, 11) is 1.90. The minimum atomic E-state index is 0.538. The molecule has 31 heavy (non-hydrogen) atoms. The van der Waals surface area contributed by atoms with Gasteiger partial charge in [-0.1, -0.05) is 36.4 Å². The molecule has 6 nitrogen and oxygen atoms in total. The molecule has 0 spiro atoms.